The number of nitrogens with one attached hydrogen (secondary N) is 1. The Kier molecular flexibility index (Phi) is 5.99. The fraction of sp³-hybridized carbons (Fsp3) is 0.259. The summed E-state index contributed by atoms with van der Waals surface area (Å²) in [6, 6.07) is 19.2. The lowest BCUT2D eigenvalue weighted by molar-refractivity contribution is -0.122. The molecule has 4 rings (SSSR count). The highest BCUT2D eigenvalue weighted by Gasteiger charge is 2.35. The van der Waals surface area contributed by atoms with E-state index in [0.29, 0.717) is 18.0 Å². The second-order valence-electron chi connectivity index (χ2n) is 8.49. The number of carbonyl (C=O) groups is 2. The van der Waals surface area contributed by atoms with Crippen molar-refractivity contribution in [2.45, 2.75) is 34.1 Å². The molecule has 1 N–H and O–H groups in total. The molecule has 164 valence electrons. The van der Waals surface area contributed by atoms with Gasteiger partial charge in [-0.2, -0.15) is 0 Å². The Labute approximate surface area is 189 Å². The molecule has 0 spiro atoms. The molecule has 1 atom stereocenters. The molecule has 0 unspecified atom stereocenters. The molecule has 3 aromatic rings. The number of carbonyl (C=O) groups excluding carboxylic acids is 2. The molecule has 5 heteroatoms. The Morgan fingerprint density at radius 2 is 1.62 bits per heavy atom. The van der Waals surface area contributed by atoms with Crippen molar-refractivity contribution < 1.29 is 14.3 Å². The van der Waals surface area contributed by atoms with Crippen molar-refractivity contribution in [1.29, 1.82) is 0 Å². The lowest BCUT2D eigenvalue weighted by Crippen LogP contribution is -2.28. The van der Waals surface area contributed by atoms with E-state index in [2.05, 4.69) is 19.2 Å². The third kappa shape index (κ3) is 4.52. The van der Waals surface area contributed by atoms with Crippen LogP contribution in [-0.4, -0.2) is 18.4 Å². The average molecular weight is 429 g/mol. The predicted molar refractivity (Wildman–Crippen MR) is 127 cm³/mol. The molecule has 0 bridgehead atoms. The third-order valence-electron chi connectivity index (χ3n) is 6.20. The summed E-state index contributed by atoms with van der Waals surface area (Å²) in [7, 11) is 0. The van der Waals surface area contributed by atoms with E-state index in [1.165, 1.54) is 11.1 Å². The van der Waals surface area contributed by atoms with Crippen LogP contribution < -0.4 is 15.0 Å². The summed E-state index contributed by atoms with van der Waals surface area (Å²) in [4.78, 5) is 27.1. The van der Waals surface area contributed by atoms with E-state index in [1.807, 2.05) is 74.5 Å². The van der Waals surface area contributed by atoms with E-state index in [1.54, 1.807) is 4.90 Å². The van der Waals surface area contributed by atoms with E-state index in [-0.39, 0.29) is 24.2 Å². The first-order chi connectivity index (χ1) is 15.3. The average Bonchev–Trinajstić information content (AvgIpc) is 3.16. The molecule has 0 aromatic heterocycles. The van der Waals surface area contributed by atoms with Crippen LogP contribution in [0.15, 0.2) is 60.7 Å². The van der Waals surface area contributed by atoms with Crippen LogP contribution in [0.4, 0.5) is 11.4 Å². The van der Waals surface area contributed by atoms with Gasteiger partial charge in [-0.3, -0.25) is 9.59 Å². The van der Waals surface area contributed by atoms with Gasteiger partial charge in [0.1, 0.15) is 11.5 Å². The summed E-state index contributed by atoms with van der Waals surface area (Å²) in [5.41, 5.74) is 6.16. The van der Waals surface area contributed by atoms with Gasteiger partial charge < -0.3 is 15.0 Å². The monoisotopic (exact) mass is 428 g/mol. The summed E-state index contributed by atoms with van der Waals surface area (Å²) in [6.07, 6.45) is 0.215. The number of amides is 2. The van der Waals surface area contributed by atoms with Crippen LogP contribution in [0.5, 0.6) is 11.5 Å². The molecule has 32 heavy (non-hydrogen) atoms. The van der Waals surface area contributed by atoms with Crippen LogP contribution >= 0.6 is 0 Å². The first-order valence-electron chi connectivity index (χ1n) is 10.8. The molecule has 0 radical (unpaired) electrons. The van der Waals surface area contributed by atoms with Gasteiger partial charge in [-0.05, 0) is 92.4 Å². The SMILES string of the molecule is Cc1ccc(Oc2ccc(NC(=O)[C@@H]3CC(=O)N(c4cccc(C)c4C)C3)cc2)cc1C. The van der Waals surface area contributed by atoms with Crippen molar-refractivity contribution in [3.8, 4) is 11.5 Å². The largest absolute Gasteiger partial charge is 0.457 e. The summed E-state index contributed by atoms with van der Waals surface area (Å²) in [5.74, 6) is 0.933. The zero-order valence-corrected chi connectivity index (χ0v) is 18.9. The number of hydrogen-bond acceptors (Lipinski definition) is 3. The van der Waals surface area contributed by atoms with Crippen LogP contribution in [-0.2, 0) is 9.59 Å². The fourth-order valence-corrected chi connectivity index (χ4v) is 3.91. The van der Waals surface area contributed by atoms with Gasteiger partial charge in [0.15, 0.2) is 0 Å². The molecule has 1 saturated heterocycles. The van der Waals surface area contributed by atoms with Crippen molar-refractivity contribution in [2.75, 3.05) is 16.8 Å². The van der Waals surface area contributed by atoms with Crippen LogP contribution in [0, 0.1) is 33.6 Å². The molecule has 0 aliphatic carbocycles. The minimum Gasteiger partial charge on any atom is -0.457 e. The molecule has 1 fully saturated rings. The minimum absolute atomic E-state index is 0.0176. The molecule has 1 aliphatic rings. The van der Waals surface area contributed by atoms with E-state index in [4.69, 9.17) is 4.74 Å². The molecule has 2 amide bonds. The maximum absolute atomic E-state index is 12.8. The number of benzene rings is 3. The van der Waals surface area contributed by atoms with Gasteiger partial charge in [-0.15, -0.1) is 0 Å². The van der Waals surface area contributed by atoms with E-state index < -0.39 is 0 Å². The van der Waals surface area contributed by atoms with Gasteiger partial charge in [0.05, 0.1) is 5.92 Å². The highest BCUT2D eigenvalue weighted by atomic mass is 16.5. The van der Waals surface area contributed by atoms with Gasteiger partial charge in [0.25, 0.3) is 0 Å². The van der Waals surface area contributed by atoms with Crippen molar-refractivity contribution in [1.82, 2.24) is 0 Å². The second-order valence-corrected chi connectivity index (χ2v) is 8.49. The highest BCUT2D eigenvalue weighted by molar-refractivity contribution is 6.03. The molecule has 3 aromatic carbocycles. The highest BCUT2D eigenvalue weighted by Crippen LogP contribution is 2.30. The quantitative estimate of drug-likeness (QED) is 0.567. The smallest absolute Gasteiger partial charge is 0.229 e. The number of hydrogen-bond donors (Lipinski definition) is 1. The Morgan fingerprint density at radius 3 is 2.34 bits per heavy atom. The van der Waals surface area contributed by atoms with Gasteiger partial charge in [0.2, 0.25) is 11.8 Å². The summed E-state index contributed by atoms with van der Waals surface area (Å²) >= 11 is 0. The molecular formula is C27H28N2O3. The maximum atomic E-state index is 12.8. The minimum atomic E-state index is -0.381. The number of nitrogens with zero attached hydrogens (tertiary/aromatic N) is 1. The van der Waals surface area contributed by atoms with Gasteiger partial charge in [-0.1, -0.05) is 18.2 Å². The number of rotatable bonds is 5. The van der Waals surface area contributed by atoms with Crippen molar-refractivity contribution >= 4 is 23.2 Å². The molecule has 1 heterocycles. The fourth-order valence-electron chi connectivity index (χ4n) is 3.91. The van der Waals surface area contributed by atoms with Gasteiger partial charge in [0, 0.05) is 24.3 Å². The molecular weight excluding hydrogens is 400 g/mol. The van der Waals surface area contributed by atoms with Crippen LogP contribution in [0.3, 0.4) is 0 Å². The zero-order chi connectivity index (χ0) is 22.8. The van der Waals surface area contributed by atoms with Crippen molar-refractivity contribution in [2.24, 2.45) is 5.92 Å². The second kappa shape index (κ2) is 8.87. The number of anilines is 2. The van der Waals surface area contributed by atoms with Crippen LogP contribution in [0.25, 0.3) is 0 Å². The Hall–Kier alpha value is -3.60. The third-order valence-corrected chi connectivity index (χ3v) is 6.20. The maximum Gasteiger partial charge on any atom is 0.229 e. The van der Waals surface area contributed by atoms with E-state index in [9.17, 15) is 9.59 Å². The summed E-state index contributed by atoms with van der Waals surface area (Å²) < 4.78 is 5.91. The summed E-state index contributed by atoms with van der Waals surface area (Å²) in [6.45, 7) is 8.54. The van der Waals surface area contributed by atoms with Crippen LogP contribution in [0.1, 0.15) is 28.7 Å². The first-order valence-corrected chi connectivity index (χ1v) is 10.8. The normalized spacial score (nSPS) is 15.7. The standard InChI is InChI=1S/C27H28N2O3/c1-17-8-11-24(14-19(17)3)32-23-12-9-22(10-13-23)28-27(31)21-15-26(30)29(16-21)25-7-5-6-18(2)20(25)4/h5-14,21H,15-16H2,1-4H3,(H,28,31)/t21-/m1/s1. The lowest BCUT2D eigenvalue weighted by atomic mass is 10.1. The van der Waals surface area contributed by atoms with E-state index in [0.717, 1.165) is 22.6 Å². The predicted octanol–water partition coefficient (Wildman–Crippen LogP) is 5.70. The van der Waals surface area contributed by atoms with Gasteiger partial charge >= 0.3 is 0 Å². The van der Waals surface area contributed by atoms with Crippen LogP contribution in [0.2, 0.25) is 0 Å². The molecule has 1 aliphatic heterocycles. The topological polar surface area (TPSA) is 58.6 Å². The molecule has 0 saturated carbocycles. The number of aryl methyl sites for hydroxylation is 3. The Balaban J connectivity index is 1.39. The van der Waals surface area contributed by atoms with Crippen molar-refractivity contribution in [3.63, 3.8) is 0 Å². The van der Waals surface area contributed by atoms with Gasteiger partial charge in [-0.25, -0.2) is 0 Å². The Morgan fingerprint density at radius 1 is 0.906 bits per heavy atom. The van der Waals surface area contributed by atoms with Crippen molar-refractivity contribution in [3.05, 3.63) is 82.9 Å². The first kappa shape index (κ1) is 21.6. The zero-order valence-electron chi connectivity index (χ0n) is 18.9. The van der Waals surface area contributed by atoms with E-state index >= 15 is 0 Å². The summed E-state index contributed by atoms with van der Waals surface area (Å²) in [5, 5.41) is 2.94. The number of ether oxygens (including phenoxy) is 1. The Bertz CT molecular complexity index is 1170. The molecule has 5 nitrogen and oxygen atoms in total. The lowest BCUT2D eigenvalue weighted by Gasteiger charge is -2.20.